The SMILES string of the molecule is Cc1cc(C(=O)O)ccc1OCc1nnc(C)n1C. The molecule has 0 spiro atoms. The molecular weight excluding hydrogens is 246 g/mol. The van der Waals surface area contributed by atoms with Gasteiger partial charge in [-0.1, -0.05) is 0 Å². The van der Waals surface area contributed by atoms with Crippen LogP contribution in [-0.4, -0.2) is 25.8 Å². The Morgan fingerprint density at radius 1 is 1.37 bits per heavy atom. The molecular formula is C13H15N3O3. The highest BCUT2D eigenvalue weighted by Crippen LogP contribution is 2.20. The molecule has 1 heterocycles. The quantitative estimate of drug-likeness (QED) is 0.906. The minimum Gasteiger partial charge on any atom is -0.485 e. The third kappa shape index (κ3) is 2.73. The van der Waals surface area contributed by atoms with E-state index >= 15 is 0 Å². The van der Waals surface area contributed by atoms with Crippen LogP contribution in [-0.2, 0) is 13.7 Å². The van der Waals surface area contributed by atoms with Crippen molar-refractivity contribution in [2.24, 2.45) is 7.05 Å². The lowest BCUT2D eigenvalue weighted by Crippen LogP contribution is -2.05. The first-order valence-corrected chi connectivity index (χ1v) is 5.80. The van der Waals surface area contributed by atoms with Crippen molar-refractivity contribution in [3.63, 3.8) is 0 Å². The van der Waals surface area contributed by atoms with E-state index in [-0.39, 0.29) is 5.56 Å². The highest BCUT2D eigenvalue weighted by molar-refractivity contribution is 5.88. The molecule has 2 rings (SSSR count). The molecule has 0 aliphatic carbocycles. The number of aromatic nitrogens is 3. The summed E-state index contributed by atoms with van der Waals surface area (Å²) in [6, 6.07) is 4.76. The second-order valence-electron chi connectivity index (χ2n) is 4.30. The van der Waals surface area contributed by atoms with E-state index in [9.17, 15) is 4.79 Å². The van der Waals surface area contributed by atoms with Gasteiger partial charge < -0.3 is 14.4 Å². The zero-order valence-electron chi connectivity index (χ0n) is 11.0. The normalized spacial score (nSPS) is 10.5. The number of nitrogens with zero attached hydrogens (tertiary/aromatic N) is 3. The van der Waals surface area contributed by atoms with Gasteiger partial charge in [0, 0.05) is 7.05 Å². The Hall–Kier alpha value is -2.37. The maximum Gasteiger partial charge on any atom is 0.335 e. The van der Waals surface area contributed by atoms with Gasteiger partial charge in [0.05, 0.1) is 5.56 Å². The van der Waals surface area contributed by atoms with Gasteiger partial charge in [-0.05, 0) is 37.6 Å². The van der Waals surface area contributed by atoms with Crippen molar-refractivity contribution in [3.8, 4) is 5.75 Å². The largest absolute Gasteiger partial charge is 0.485 e. The molecule has 0 atom stereocenters. The number of carboxylic acids is 1. The molecule has 1 aromatic carbocycles. The van der Waals surface area contributed by atoms with E-state index in [0.717, 1.165) is 17.2 Å². The highest BCUT2D eigenvalue weighted by atomic mass is 16.5. The molecule has 1 aromatic heterocycles. The molecule has 0 aliphatic heterocycles. The number of hydrogen-bond donors (Lipinski definition) is 1. The van der Waals surface area contributed by atoms with Crippen LogP contribution in [0, 0.1) is 13.8 Å². The summed E-state index contributed by atoms with van der Waals surface area (Å²) >= 11 is 0. The predicted molar refractivity (Wildman–Crippen MR) is 68.2 cm³/mol. The Bertz CT molecular complexity index is 620. The molecule has 0 saturated carbocycles. The van der Waals surface area contributed by atoms with Gasteiger partial charge in [-0.15, -0.1) is 10.2 Å². The first kappa shape index (κ1) is 13.1. The lowest BCUT2D eigenvalue weighted by molar-refractivity contribution is 0.0696. The standard InChI is InChI=1S/C13H15N3O3/c1-8-6-10(13(17)18)4-5-11(8)19-7-12-15-14-9(2)16(12)3/h4-6H,7H2,1-3H3,(H,17,18). The summed E-state index contributed by atoms with van der Waals surface area (Å²) in [5.41, 5.74) is 1.03. The second kappa shape index (κ2) is 5.09. The van der Waals surface area contributed by atoms with Gasteiger partial charge >= 0.3 is 5.97 Å². The maximum atomic E-state index is 10.8. The van der Waals surface area contributed by atoms with E-state index in [4.69, 9.17) is 9.84 Å². The molecule has 100 valence electrons. The lowest BCUT2D eigenvalue weighted by atomic mass is 10.1. The van der Waals surface area contributed by atoms with E-state index in [1.165, 1.54) is 6.07 Å². The number of ether oxygens (including phenoxy) is 1. The molecule has 0 fully saturated rings. The summed E-state index contributed by atoms with van der Waals surface area (Å²) in [5, 5.41) is 16.8. The van der Waals surface area contributed by atoms with Gasteiger partial charge in [-0.2, -0.15) is 0 Å². The molecule has 0 saturated heterocycles. The van der Waals surface area contributed by atoms with Gasteiger partial charge in [0.1, 0.15) is 18.2 Å². The molecule has 1 N–H and O–H groups in total. The number of carbonyl (C=O) groups is 1. The number of aryl methyl sites for hydroxylation is 2. The van der Waals surface area contributed by atoms with Crippen molar-refractivity contribution in [2.75, 3.05) is 0 Å². The van der Waals surface area contributed by atoms with Crippen LogP contribution in [0.3, 0.4) is 0 Å². The van der Waals surface area contributed by atoms with E-state index in [1.807, 2.05) is 25.5 Å². The molecule has 6 nitrogen and oxygen atoms in total. The van der Waals surface area contributed by atoms with Crippen LogP contribution in [0.25, 0.3) is 0 Å². The molecule has 6 heteroatoms. The number of aromatic carboxylic acids is 1. The molecule has 0 radical (unpaired) electrons. The van der Waals surface area contributed by atoms with E-state index < -0.39 is 5.97 Å². The number of benzene rings is 1. The maximum absolute atomic E-state index is 10.8. The van der Waals surface area contributed by atoms with Crippen molar-refractivity contribution in [1.82, 2.24) is 14.8 Å². The third-order valence-electron chi connectivity index (χ3n) is 2.96. The Kier molecular flexibility index (Phi) is 3.50. The van der Waals surface area contributed by atoms with Crippen LogP contribution in [0.1, 0.15) is 27.6 Å². The highest BCUT2D eigenvalue weighted by Gasteiger charge is 2.09. The van der Waals surface area contributed by atoms with Crippen molar-refractivity contribution >= 4 is 5.97 Å². The van der Waals surface area contributed by atoms with Gasteiger partial charge in [0.15, 0.2) is 5.82 Å². The number of carboxylic acid groups (broad SMARTS) is 1. The second-order valence-corrected chi connectivity index (χ2v) is 4.30. The topological polar surface area (TPSA) is 77.2 Å². The smallest absolute Gasteiger partial charge is 0.335 e. The summed E-state index contributed by atoms with van der Waals surface area (Å²) in [6.07, 6.45) is 0. The van der Waals surface area contributed by atoms with Crippen molar-refractivity contribution in [1.29, 1.82) is 0 Å². The van der Waals surface area contributed by atoms with Crippen LogP contribution >= 0.6 is 0 Å². The van der Waals surface area contributed by atoms with Gasteiger partial charge in [-0.3, -0.25) is 0 Å². The Balaban J connectivity index is 2.12. The predicted octanol–water partition coefficient (Wildman–Crippen LogP) is 1.71. The minimum atomic E-state index is -0.946. The van der Waals surface area contributed by atoms with Gasteiger partial charge in [-0.25, -0.2) is 4.79 Å². The monoisotopic (exact) mass is 261 g/mol. The van der Waals surface area contributed by atoms with E-state index in [2.05, 4.69) is 10.2 Å². The number of hydrogen-bond acceptors (Lipinski definition) is 4. The third-order valence-corrected chi connectivity index (χ3v) is 2.96. The molecule has 0 aliphatic rings. The van der Waals surface area contributed by atoms with Crippen LogP contribution in [0.2, 0.25) is 0 Å². The number of rotatable bonds is 4. The summed E-state index contributed by atoms with van der Waals surface area (Å²) in [5.74, 6) is 1.24. The molecule has 19 heavy (non-hydrogen) atoms. The average molecular weight is 261 g/mol. The first-order valence-electron chi connectivity index (χ1n) is 5.80. The molecule has 2 aromatic rings. The van der Waals surface area contributed by atoms with Gasteiger partial charge in [0.25, 0.3) is 0 Å². The fraction of sp³-hybridized carbons (Fsp3) is 0.308. The molecule has 0 bridgehead atoms. The van der Waals surface area contributed by atoms with E-state index in [0.29, 0.717) is 12.4 Å². The van der Waals surface area contributed by atoms with E-state index in [1.54, 1.807) is 12.1 Å². The summed E-state index contributed by atoms with van der Waals surface area (Å²) in [6.45, 7) is 3.97. The zero-order chi connectivity index (χ0) is 14.0. The summed E-state index contributed by atoms with van der Waals surface area (Å²) in [7, 11) is 1.87. The van der Waals surface area contributed by atoms with Crippen LogP contribution in [0.15, 0.2) is 18.2 Å². The fourth-order valence-corrected chi connectivity index (χ4v) is 1.66. The van der Waals surface area contributed by atoms with Gasteiger partial charge in [0.2, 0.25) is 0 Å². The minimum absolute atomic E-state index is 0.249. The molecule has 0 unspecified atom stereocenters. The Labute approximate surface area is 110 Å². The van der Waals surface area contributed by atoms with Crippen LogP contribution in [0.4, 0.5) is 0 Å². The molecule has 0 amide bonds. The average Bonchev–Trinajstić information content (AvgIpc) is 2.68. The van der Waals surface area contributed by atoms with Crippen LogP contribution < -0.4 is 4.74 Å². The fourth-order valence-electron chi connectivity index (χ4n) is 1.66. The summed E-state index contributed by atoms with van der Waals surface area (Å²) in [4.78, 5) is 10.8. The Morgan fingerprint density at radius 2 is 2.11 bits per heavy atom. The zero-order valence-corrected chi connectivity index (χ0v) is 11.0. The van der Waals surface area contributed by atoms with Crippen molar-refractivity contribution in [3.05, 3.63) is 41.0 Å². The van der Waals surface area contributed by atoms with Crippen LogP contribution in [0.5, 0.6) is 5.75 Å². The lowest BCUT2D eigenvalue weighted by Gasteiger charge is -2.09. The first-order chi connectivity index (χ1) is 8.99. The summed E-state index contributed by atoms with van der Waals surface area (Å²) < 4.78 is 7.48. The Morgan fingerprint density at radius 3 is 2.63 bits per heavy atom. The van der Waals surface area contributed by atoms with Crippen molar-refractivity contribution < 1.29 is 14.6 Å². The van der Waals surface area contributed by atoms with Crippen molar-refractivity contribution in [2.45, 2.75) is 20.5 Å².